The Balaban J connectivity index is 2.36. The lowest BCUT2D eigenvalue weighted by atomic mass is 10.1. The molecule has 0 saturated heterocycles. The molecule has 0 aliphatic heterocycles. The average Bonchev–Trinajstić information content (AvgIpc) is 3.23. The van der Waals surface area contributed by atoms with Crippen molar-refractivity contribution in [1.29, 1.82) is 0 Å². The molecule has 19 heavy (non-hydrogen) atoms. The second kappa shape index (κ2) is 9.70. The first-order valence-electron chi connectivity index (χ1n) is 7.69. The molecule has 0 spiro atoms. The minimum atomic E-state index is -0.0635. The molecule has 1 unspecified atom stereocenters. The maximum atomic E-state index is 5.61. The van der Waals surface area contributed by atoms with E-state index in [9.17, 15) is 0 Å². The van der Waals surface area contributed by atoms with Crippen molar-refractivity contribution >= 4 is 0 Å². The van der Waals surface area contributed by atoms with Gasteiger partial charge < -0.3 is 14.2 Å². The van der Waals surface area contributed by atoms with Gasteiger partial charge in [0, 0.05) is 45.9 Å². The summed E-state index contributed by atoms with van der Waals surface area (Å²) < 4.78 is 16.4. The first-order chi connectivity index (χ1) is 9.22. The Bertz CT molecular complexity index is 215. The van der Waals surface area contributed by atoms with Crippen LogP contribution in [0, 0.1) is 5.92 Å². The van der Waals surface area contributed by atoms with Crippen LogP contribution in [-0.2, 0) is 14.2 Å². The van der Waals surface area contributed by atoms with E-state index in [0.717, 1.165) is 32.0 Å². The van der Waals surface area contributed by atoms with E-state index in [4.69, 9.17) is 14.2 Å². The first kappa shape index (κ1) is 16.9. The van der Waals surface area contributed by atoms with Gasteiger partial charge in [-0.15, -0.1) is 0 Å². The lowest BCUT2D eigenvalue weighted by Crippen LogP contribution is -2.39. The Hall–Kier alpha value is -0.160. The molecule has 114 valence electrons. The highest BCUT2D eigenvalue weighted by atomic mass is 16.7. The fourth-order valence-electron chi connectivity index (χ4n) is 2.46. The van der Waals surface area contributed by atoms with Crippen molar-refractivity contribution in [3.05, 3.63) is 0 Å². The van der Waals surface area contributed by atoms with Crippen LogP contribution in [0.1, 0.15) is 40.0 Å². The Kier molecular flexibility index (Phi) is 8.62. The Morgan fingerprint density at radius 1 is 1.11 bits per heavy atom. The standard InChI is InChI=1S/C15H31NO3/c1-5-18-15(19-6-2)9-10-16(11-12-17-4)13(3)14-7-8-14/h13-15H,5-12H2,1-4H3. The van der Waals surface area contributed by atoms with Crippen molar-refractivity contribution < 1.29 is 14.2 Å². The van der Waals surface area contributed by atoms with E-state index in [1.807, 2.05) is 13.8 Å². The molecule has 1 rings (SSSR count). The van der Waals surface area contributed by atoms with E-state index in [1.165, 1.54) is 12.8 Å². The molecular formula is C15H31NO3. The van der Waals surface area contributed by atoms with Crippen molar-refractivity contribution in [3.8, 4) is 0 Å². The summed E-state index contributed by atoms with van der Waals surface area (Å²) in [6.07, 6.45) is 3.63. The van der Waals surface area contributed by atoms with Gasteiger partial charge in [0.15, 0.2) is 6.29 Å². The monoisotopic (exact) mass is 273 g/mol. The van der Waals surface area contributed by atoms with E-state index in [1.54, 1.807) is 7.11 Å². The summed E-state index contributed by atoms with van der Waals surface area (Å²) in [5.41, 5.74) is 0. The predicted molar refractivity (Wildman–Crippen MR) is 77.3 cm³/mol. The number of hydrogen-bond acceptors (Lipinski definition) is 4. The van der Waals surface area contributed by atoms with Gasteiger partial charge in [-0.2, -0.15) is 0 Å². The van der Waals surface area contributed by atoms with Gasteiger partial charge in [-0.25, -0.2) is 0 Å². The summed E-state index contributed by atoms with van der Waals surface area (Å²) in [5.74, 6) is 0.884. The number of hydrogen-bond donors (Lipinski definition) is 0. The SMILES string of the molecule is CCOC(CCN(CCOC)C(C)C1CC1)OCC. The van der Waals surface area contributed by atoms with Crippen molar-refractivity contribution in [2.45, 2.75) is 52.4 Å². The number of nitrogens with zero attached hydrogens (tertiary/aromatic N) is 1. The normalized spacial score (nSPS) is 17.4. The Morgan fingerprint density at radius 2 is 1.74 bits per heavy atom. The molecule has 0 aromatic heterocycles. The van der Waals surface area contributed by atoms with Gasteiger partial charge in [-0.3, -0.25) is 4.90 Å². The molecule has 0 aromatic rings. The number of methoxy groups -OCH3 is 1. The van der Waals surface area contributed by atoms with Crippen molar-refractivity contribution in [3.63, 3.8) is 0 Å². The van der Waals surface area contributed by atoms with E-state index < -0.39 is 0 Å². The molecule has 1 aliphatic rings. The van der Waals surface area contributed by atoms with Crippen LogP contribution in [0.2, 0.25) is 0 Å². The van der Waals surface area contributed by atoms with Crippen molar-refractivity contribution in [2.75, 3.05) is 40.0 Å². The summed E-state index contributed by atoms with van der Waals surface area (Å²) in [4.78, 5) is 2.52. The summed E-state index contributed by atoms with van der Waals surface area (Å²) in [7, 11) is 1.77. The molecule has 1 saturated carbocycles. The van der Waals surface area contributed by atoms with Crippen LogP contribution < -0.4 is 0 Å². The second-order valence-electron chi connectivity index (χ2n) is 5.24. The predicted octanol–water partition coefficient (Wildman–Crippen LogP) is 2.52. The van der Waals surface area contributed by atoms with E-state index in [-0.39, 0.29) is 6.29 Å². The van der Waals surface area contributed by atoms with Crippen LogP contribution in [0.3, 0.4) is 0 Å². The lowest BCUT2D eigenvalue weighted by molar-refractivity contribution is -0.142. The zero-order chi connectivity index (χ0) is 14.1. The van der Waals surface area contributed by atoms with E-state index in [2.05, 4.69) is 11.8 Å². The molecule has 1 aliphatic carbocycles. The molecule has 4 heteroatoms. The third kappa shape index (κ3) is 6.70. The van der Waals surface area contributed by atoms with Gasteiger partial charge in [-0.1, -0.05) is 0 Å². The minimum Gasteiger partial charge on any atom is -0.383 e. The van der Waals surface area contributed by atoms with Gasteiger partial charge in [0.05, 0.1) is 6.61 Å². The molecule has 4 nitrogen and oxygen atoms in total. The van der Waals surface area contributed by atoms with Crippen LogP contribution in [-0.4, -0.2) is 57.3 Å². The quantitative estimate of drug-likeness (QED) is 0.511. The fraction of sp³-hybridized carbons (Fsp3) is 1.00. The van der Waals surface area contributed by atoms with Crippen LogP contribution in [0.4, 0.5) is 0 Å². The molecule has 0 bridgehead atoms. The van der Waals surface area contributed by atoms with Gasteiger partial charge in [0.1, 0.15) is 0 Å². The summed E-state index contributed by atoms with van der Waals surface area (Å²) in [6, 6.07) is 0.652. The van der Waals surface area contributed by atoms with Gasteiger partial charge in [-0.05, 0) is 39.5 Å². The number of rotatable bonds is 12. The van der Waals surface area contributed by atoms with Crippen molar-refractivity contribution in [2.24, 2.45) is 5.92 Å². The highest BCUT2D eigenvalue weighted by Crippen LogP contribution is 2.35. The minimum absolute atomic E-state index is 0.0635. The Labute approximate surface area is 118 Å². The lowest BCUT2D eigenvalue weighted by Gasteiger charge is -2.30. The molecule has 0 amide bonds. The highest BCUT2D eigenvalue weighted by Gasteiger charge is 2.31. The van der Waals surface area contributed by atoms with Crippen LogP contribution in [0.15, 0.2) is 0 Å². The van der Waals surface area contributed by atoms with Crippen LogP contribution >= 0.6 is 0 Å². The van der Waals surface area contributed by atoms with Crippen LogP contribution in [0.25, 0.3) is 0 Å². The largest absolute Gasteiger partial charge is 0.383 e. The molecular weight excluding hydrogens is 242 g/mol. The second-order valence-corrected chi connectivity index (χ2v) is 5.24. The molecule has 1 atom stereocenters. The zero-order valence-corrected chi connectivity index (χ0v) is 13.1. The Morgan fingerprint density at radius 3 is 2.21 bits per heavy atom. The fourth-order valence-corrected chi connectivity index (χ4v) is 2.46. The zero-order valence-electron chi connectivity index (χ0n) is 13.1. The van der Waals surface area contributed by atoms with E-state index in [0.29, 0.717) is 19.3 Å². The van der Waals surface area contributed by atoms with Gasteiger partial charge in [0.25, 0.3) is 0 Å². The highest BCUT2D eigenvalue weighted by molar-refractivity contribution is 4.85. The smallest absolute Gasteiger partial charge is 0.158 e. The number of ether oxygens (including phenoxy) is 3. The molecule has 1 fully saturated rings. The maximum Gasteiger partial charge on any atom is 0.158 e. The molecule has 0 aromatic carbocycles. The van der Waals surface area contributed by atoms with E-state index >= 15 is 0 Å². The summed E-state index contributed by atoms with van der Waals surface area (Å²) >= 11 is 0. The summed E-state index contributed by atoms with van der Waals surface area (Å²) in [5, 5.41) is 0. The van der Waals surface area contributed by atoms with Crippen LogP contribution in [0.5, 0.6) is 0 Å². The first-order valence-corrected chi connectivity index (χ1v) is 7.69. The molecule has 0 radical (unpaired) electrons. The third-order valence-electron chi connectivity index (χ3n) is 3.82. The maximum absolute atomic E-state index is 5.61. The molecule has 0 heterocycles. The average molecular weight is 273 g/mol. The molecule has 0 N–H and O–H groups in total. The third-order valence-corrected chi connectivity index (χ3v) is 3.82. The summed E-state index contributed by atoms with van der Waals surface area (Å²) in [6.45, 7) is 10.6. The van der Waals surface area contributed by atoms with Crippen molar-refractivity contribution in [1.82, 2.24) is 4.90 Å². The topological polar surface area (TPSA) is 30.9 Å². The van der Waals surface area contributed by atoms with Gasteiger partial charge >= 0.3 is 0 Å². The van der Waals surface area contributed by atoms with Gasteiger partial charge in [0.2, 0.25) is 0 Å².